The molecule has 0 bridgehead atoms. The van der Waals surface area contributed by atoms with Gasteiger partial charge in [0.2, 0.25) is 5.95 Å². The Morgan fingerprint density at radius 1 is 1.22 bits per heavy atom. The summed E-state index contributed by atoms with van der Waals surface area (Å²) in [4.78, 5) is 40.8. The number of carbonyl (C=O) groups is 1. The van der Waals surface area contributed by atoms with Gasteiger partial charge in [-0.25, -0.2) is 15.0 Å². The molecule has 3 rings (SSSR count). The molecular weight excluding hydrogens is 424 g/mol. The Bertz CT molecular complexity index is 1330. The third-order valence-corrected chi connectivity index (χ3v) is 4.83. The van der Waals surface area contributed by atoms with E-state index in [1.165, 1.54) is 55.8 Å². The zero-order chi connectivity index (χ0) is 23.6. The Kier molecular flexibility index (Phi) is 6.30. The van der Waals surface area contributed by atoms with Crippen LogP contribution in [0.4, 0.5) is 5.95 Å². The van der Waals surface area contributed by atoms with Crippen molar-refractivity contribution < 1.29 is 24.5 Å². The number of aryl methyl sites for hydroxylation is 1. The van der Waals surface area contributed by atoms with E-state index >= 15 is 0 Å². The predicted octanol–water partition coefficient (Wildman–Crippen LogP) is -0.413. The number of methoxy groups -OCH3 is 2. The fraction of sp³-hybridized carbons (Fsp3) is 0.316. The number of anilines is 1. The molecule has 0 amide bonds. The molecule has 0 aliphatic rings. The lowest BCUT2D eigenvalue weighted by Crippen LogP contribution is -2.37. The number of imidazole rings is 1. The number of aliphatic hydroxyl groups excluding tert-OH is 1. The van der Waals surface area contributed by atoms with Crippen LogP contribution in [0.25, 0.3) is 11.2 Å². The molecule has 2 aromatic heterocycles. The summed E-state index contributed by atoms with van der Waals surface area (Å²) in [5.41, 5.74) is 1.80. The quantitative estimate of drug-likeness (QED) is 0.308. The van der Waals surface area contributed by atoms with Gasteiger partial charge >= 0.3 is 11.7 Å². The summed E-state index contributed by atoms with van der Waals surface area (Å²) >= 11 is 0. The molecule has 2 heterocycles. The van der Waals surface area contributed by atoms with Crippen molar-refractivity contribution in [1.82, 2.24) is 18.7 Å². The van der Waals surface area contributed by atoms with Crippen LogP contribution in [-0.2, 0) is 20.6 Å². The van der Waals surface area contributed by atoms with Crippen LogP contribution in [-0.4, -0.2) is 61.9 Å². The molecule has 0 radical (unpaired) electrons. The first-order chi connectivity index (χ1) is 15.3. The molecule has 170 valence electrons. The summed E-state index contributed by atoms with van der Waals surface area (Å²) in [6, 6.07) is 3.03. The van der Waals surface area contributed by atoms with Gasteiger partial charge in [0.1, 0.15) is 5.56 Å². The molecular formula is C19H22N6O7. The highest BCUT2D eigenvalue weighted by molar-refractivity contribution is 6.02. The van der Waals surface area contributed by atoms with Crippen molar-refractivity contribution in [2.45, 2.75) is 6.54 Å². The van der Waals surface area contributed by atoms with E-state index in [1.54, 1.807) is 0 Å². The molecule has 0 saturated heterocycles. The number of carboxylic acids is 1. The van der Waals surface area contributed by atoms with E-state index in [2.05, 4.69) is 15.5 Å². The van der Waals surface area contributed by atoms with Gasteiger partial charge in [0.15, 0.2) is 22.7 Å². The SMILES string of the molecule is COc1ccc(/C=N\Nc2nc3c(c(=O)n(C)c(=O)n3C)n2CCO)c(C(=O)O)c1OC. The number of hydrogen-bond donors (Lipinski definition) is 3. The van der Waals surface area contributed by atoms with E-state index in [9.17, 15) is 24.6 Å². The second-order valence-corrected chi connectivity index (χ2v) is 6.63. The average molecular weight is 446 g/mol. The minimum Gasteiger partial charge on any atom is -0.493 e. The Morgan fingerprint density at radius 3 is 2.53 bits per heavy atom. The highest BCUT2D eigenvalue weighted by Gasteiger charge is 2.21. The lowest BCUT2D eigenvalue weighted by Gasteiger charge is -2.12. The number of ether oxygens (including phenoxy) is 2. The van der Waals surface area contributed by atoms with E-state index in [-0.39, 0.29) is 52.9 Å². The van der Waals surface area contributed by atoms with Crippen molar-refractivity contribution in [3.63, 3.8) is 0 Å². The molecule has 0 atom stereocenters. The average Bonchev–Trinajstić information content (AvgIpc) is 3.14. The Morgan fingerprint density at radius 2 is 1.94 bits per heavy atom. The van der Waals surface area contributed by atoms with Gasteiger partial charge in [-0.1, -0.05) is 0 Å². The van der Waals surface area contributed by atoms with Gasteiger partial charge in [-0.15, -0.1) is 0 Å². The first-order valence-electron chi connectivity index (χ1n) is 9.31. The van der Waals surface area contributed by atoms with Crippen LogP contribution in [0.2, 0.25) is 0 Å². The molecule has 0 unspecified atom stereocenters. The van der Waals surface area contributed by atoms with E-state index in [0.29, 0.717) is 0 Å². The summed E-state index contributed by atoms with van der Waals surface area (Å²) in [6.07, 6.45) is 1.24. The fourth-order valence-electron chi connectivity index (χ4n) is 3.28. The van der Waals surface area contributed by atoms with Crippen LogP contribution < -0.4 is 26.1 Å². The number of carboxylic acid groups (broad SMARTS) is 1. The third kappa shape index (κ3) is 3.69. The number of aliphatic hydroxyl groups is 1. The molecule has 0 aliphatic carbocycles. The molecule has 1 aromatic carbocycles. The normalized spacial score (nSPS) is 11.3. The smallest absolute Gasteiger partial charge is 0.340 e. The molecule has 32 heavy (non-hydrogen) atoms. The van der Waals surface area contributed by atoms with E-state index in [4.69, 9.17) is 9.47 Å². The van der Waals surface area contributed by atoms with E-state index in [1.807, 2.05) is 0 Å². The van der Waals surface area contributed by atoms with Crippen molar-refractivity contribution in [3.8, 4) is 11.5 Å². The zero-order valence-electron chi connectivity index (χ0n) is 17.8. The summed E-state index contributed by atoms with van der Waals surface area (Å²) in [5.74, 6) is -0.874. The summed E-state index contributed by atoms with van der Waals surface area (Å²) in [6.45, 7) is -0.285. The van der Waals surface area contributed by atoms with Crippen molar-refractivity contribution in [3.05, 3.63) is 44.1 Å². The highest BCUT2D eigenvalue weighted by atomic mass is 16.5. The maximum Gasteiger partial charge on any atom is 0.340 e. The molecule has 0 aliphatic heterocycles. The monoisotopic (exact) mass is 446 g/mol. The van der Waals surface area contributed by atoms with Crippen LogP contribution in [0.5, 0.6) is 11.5 Å². The van der Waals surface area contributed by atoms with Gasteiger partial charge < -0.3 is 24.3 Å². The second kappa shape index (κ2) is 8.93. The van der Waals surface area contributed by atoms with Crippen molar-refractivity contribution in [1.29, 1.82) is 0 Å². The number of hydrogen-bond acceptors (Lipinski definition) is 9. The molecule has 0 saturated carbocycles. The van der Waals surface area contributed by atoms with Gasteiger partial charge in [-0.2, -0.15) is 10.1 Å². The number of aromatic nitrogens is 4. The summed E-state index contributed by atoms with van der Waals surface area (Å²) < 4.78 is 13.8. The molecule has 3 N–H and O–H groups in total. The van der Waals surface area contributed by atoms with Gasteiger partial charge in [0.05, 0.1) is 27.0 Å². The fourth-order valence-corrected chi connectivity index (χ4v) is 3.28. The largest absolute Gasteiger partial charge is 0.493 e. The van der Waals surface area contributed by atoms with Gasteiger partial charge in [0.25, 0.3) is 5.56 Å². The van der Waals surface area contributed by atoms with Crippen molar-refractivity contribution >= 4 is 29.3 Å². The Hall–Kier alpha value is -4.13. The molecule has 13 heteroatoms. The third-order valence-electron chi connectivity index (χ3n) is 4.83. The lowest BCUT2D eigenvalue weighted by molar-refractivity contribution is 0.0692. The maximum absolute atomic E-state index is 12.6. The second-order valence-electron chi connectivity index (χ2n) is 6.63. The van der Waals surface area contributed by atoms with Crippen molar-refractivity contribution in [2.24, 2.45) is 19.2 Å². The van der Waals surface area contributed by atoms with Crippen molar-refractivity contribution in [2.75, 3.05) is 26.3 Å². The lowest BCUT2D eigenvalue weighted by atomic mass is 10.1. The minimum atomic E-state index is -1.24. The number of hydrazone groups is 1. The van der Waals surface area contributed by atoms with Gasteiger partial charge in [-0.3, -0.25) is 13.9 Å². The predicted molar refractivity (Wildman–Crippen MR) is 115 cm³/mol. The van der Waals surface area contributed by atoms with Crippen LogP contribution >= 0.6 is 0 Å². The summed E-state index contributed by atoms with van der Waals surface area (Å²) in [7, 11) is 5.53. The molecule has 13 nitrogen and oxygen atoms in total. The molecule has 3 aromatic rings. The standard InChI is InChI=1S/C19H22N6O7/c1-23-15-13(16(27)24(2)19(23)30)25(7-8-26)18(21-15)22-20-9-10-5-6-11(31-3)14(32-4)12(10)17(28)29/h5-6,9,26H,7-8H2,1-4H3,(H,21,22)(H,28,29)/b20-9-. The number of nitrogens with one attached hydrogen (secondary N) is 1. The first-order valence-corrected chi connectivity index (χ1v) is 9.31. The van der Waals surface area contributed by atoms with Gasteiger partial charge in [0, 0.05) is 26.2 Å². The molecule has 0 spiro atoms. The number of benzene rings is 1. The Balaban J connectivity index is 2.09. The maximum atomic E-state index is 12.6. The number of aromatic carboxylic acids is 1. The first kappa shape index (κ1) is 22.6. The topological polar surface area (TPSA) is 162 Å². The van der Waals surface area contributed by atoms with E-state index in [0.717, 1.165) is 4.57 Å². The van der Waals surface area contributed by atoms with E-state index < -0.39 is 17.2 Å². The summed E-state index contributed by atoms with van der Waals surface area (Å²) in [5, 5.41) is 23.1. The number of nitrogens with zero attached hydrogens (tertiary/aromatic N) is 5. The molecule has 0 fully saturated rings. The zero-order valence-corrected chi connectivity index (χ0v) is 17.8. The van der Waals surface area contributed by atoms with Crippen LogP contribution in [0, 0.1) is 0 Å². The minimum absolute atomic E-state index is 0.0124. The van der Waals surface area contributed by atoms with Crippen LogP contribution in [0.1, 0.15) is 15.9 Å². The van der Waals surface area contributed by atoms with Crippen LogP contribution in [0.3, 0.4) is 0 Å². The Labute approximate surface area is 180 Å². The number of fused-ring (bicyclic) bond motifs is 1. The number of rotatable bonds is 8. The highest BCUT2D eigenvalue weighted by Crippen LogP contribution is 2.33. The van der Waals surface area contributed by atoms with Crippen LogP contribution in [0.15, 0.2) is 26.8 Å². The van der Waals surface area contributed by atoms with Gasteiger partial charge in [-0.05, 0) is 12.1 Å².